The maximum absolute atomic E-state index is 12.7. The van der Waals surface area contributed by atoms with Crippen molar-refractivity contribution in [2.45, 2.75) is 32.2 Å². The number of hydrazine groups is 1. The average molecular weight is 322 g/mol. The van der Waals surface area contributed by atoms with Gasteiger partial charge >= 0.3 is 6.09 Å². The van der Waals surface area contributed by atoms with E-state index in [1.165, 1.54) is 6.92 Å². The van der Waals surface area contributed by atoms with Gasteiger partial charge < -0.3 is 16.2 Å². The van der Waals surface area contributed by atoms with Gasteiger partial charge in [0.2, 0.25) is 5.91 Å². The maximum atomic E-state index is 12.7. The van der Waals surface area contributed by atoms with Crippen LogP contribution in [-0.2, 0) is 9.59 Å². The molecule has 0 fully saturated rings. The molecule has 0 saturated carbocycles. The molecule has 1 aromatic carbocycles. The summed E-state index contributed by atoms with van der Waals surface area (Å²) >= 11 is 0. The molecule has 8 nitrogen and oxygen atoms in total. The van der Waals surface area contributed by atoms with E-state index < -0.39 is 23.9 Å². The van der Waals surface area contributed by atoms with Gasteiger partial charge in [-0.15, -0.1) is 0 Å². The van der Waals surface area contributed by atoms with Crippen LogP contribution in [0.5, 0.6) is 0 Å². The van der Waals surface area contributed by atoms with Crippen LogP contribution in [0.15, 0.2) is 30.3 Å². The first-order chi connectivity index (χ1) is 11.0. The van der Waals surface area contributed by atoms with Crippen LogP contribution >= 0.6 is 0 Å². The highest BCUT2D eigenvalue weighted by Gasteiger charge is 2.27. The van der Waals surface area contributed by atoms with Crippen molar-refractivity contribution in [3.8, 4) is 0 Å². The molecule has 0 aliphatic rings. The lowest BCUT2D eigenvalue weighted by atomic mass is 10.1. The number of nitrogens with two attached hydrogens (primary N) is 1. The molecule has 1 aromatic rings. The summed E-state index contributed by atoms with van der Waals surface area (Å²) < 4.78 is 0. The van der Waals surface area contributed by atoms with Crippen LogP contribution < -0.4 is 21.5 Å². The Morgan fingerprint density at radius 1 is 1.22 bits per heavy atom. The normalized spacial score (nSPS) is 11.4. The molecule has 1 rings (SSSR count). The number of nitrogens with zero attached hydrogens (tertiary/aromatic N) is 1. The van der Waals surface area contributed by atoms with Gasteiger partial charge in [-0.1, -0.05) is 18.2 Å². The number of benzene rings is 1. The standard InChI is InChI=1S/C15H22N4O4/c1-11(20)18-19(12-7-3-2-4-8-12)14(21)13(17-15(22)23)9-5-6-10-16/h2-4,7-8,13,17H,5-6,9-10,16H2,1H3,(H,18,20)(H,22,23). The summed E-state index contributed by atoms with van der Waals surface area (Å²) in [5.41, 5.74) is 8.29. The van der Waals surface area contributed by atoms with Gasteiger partial charge in [0.25, 0.3) is 5.91 Å². The number of carbonyl (C=O) groups is 3. The van der Waals surface area contributed by atoms with Crippen LogP contribution in [0.3, 0.4) is 0 Å². The molecule has 0 spiro atoms. The molecule has 23 heavy (non-hydrogen) atoms. The quantitative estimate of drug-likeness (QED) is 0.437. The molecule has 0 aromatic heterocycles. The van der Waals surface area contributed by atoms with Crippen molar-refractivity contribution in [3.05, 3.63) is 30.3 Å². The molecule has 5 N–H and O–H groups in total. The predicted octanol–water partition coefficient (Wildman–Crippen LogP) is 0.836. The van der Waals surface area contributed by atoms with E-state index >= 15 is 0 Å². The molecule has 3 amide bonds. The smallest absolute Gasteiger partial charge is 0.405 e. The summed E-state index contributed by atoms with van der Waals surface area (Å²) in [6.07, 6.45) is 0.268. The molecule has 0 bridgehead atoms. The average Bonchev–Trinajstić information content (AvgIpc) is 2.51. The van der Waals surface area contributed by atoms with Gasteiger partial charge in [-0.05, 0) is 37.9 Å². The first kappa shape index (κ1) is 18.4. The number of carbonyl (C=O) groups excluding carboxylic acids is 2. The van der Waals surface area contributed by atoms with E-state index in [-0.39, 0.29) is 0 Å². The lowest BCUT2D eigenvalue weighted by Crippen LogP contribution is -2.54. The van der Waals surface area contributed by atoms with Gasteiger partial charge in [-0.2, -0.15) is 0 Å². The first-order valence-electron chi connectivity index (χ1n) is 7.31. The second-order valence-corrected chi connectivity index (χ2v) is 4.96. The van der Waals surface area contributed by atoms with Gasteiger partial charge in [0.1, 0.15) is 6.04 Å². The van der Waals surface area contributed by atoms with Crippen LogP contribution in [0.2, 0.25) is 0 Å². The third-order valence-electron chi connectivity index (χ3n) is 3.05. The van der Waals surface area contributed by atoms with Crippen molar-refractivity contribution < 1.29 is 19.5 Å². The number of hydrogen-bond donors (Lipinski definition) is 4. The molecule has 0 heterocycles. The number of nitrogens with one attached hydrogen (secondary N) is 2. The largest absolute Gasteiger partial charge is 0.465 e. The number of anilines is 1. The summed E-state index contributed by atoms with van der Waals surface area (Å²) in [5.74, 6) is -0.982. The molecule has 1 atom stereocenters. The fourth-order valence-corrected chi connectivity index (χ4v) is 2.04. The third-order valence-corrected chi connectivity index (χ3v) is 3.05. The zero-order chi connectivity index (χ0) is 17.2. The second-order valence-electron chi connectivity index (χ2n) is 4.96. The maximum Gasteiger partial charge on any atom is 0.405 e. The van der Waals surface area contributed by atoms with E-state index in [1.54, 1.807) is 30.3 Å². The van der Waals surface area contributed by atoms with E-state index in [4.69, 9.17) is 10.8 Å². The van der Waals surface area contributed by atoms with E-state index in [0.717, 1.165) is 5.01 Å². The monoisotopic (exact) mass is 322 g/mol. The SMILES string of the molecule is CC(=O)NN(C(=O)C(CCCCN)NC(=O)O)c1ccccc1. The lowest BCUT2D eigenvalue weighted by molar-refractivity contribution is -0.126. The Labute approximate surface area is 134 Å². The number of rotatable bonds is 7. The van der Waals surface area contributed by atoms with Crippen LogP contribution in [0.1, 0.15) is 26.2 Å². The summed E-state index contributed by atoms with van der Waals surface area (Å²) in [7, 11) is 0. The van der Waals surface area contributed by atoms with Crippen molar-refractivity contribution in [1.82, 2.24) is 10.7 Å². The fraction of sp³-hybridized carbons (Fsp3) is 0.400. The van der Waals surface area contributed by atoms with Gasteiger partial charge in [0, 0.05) is 6.92 Å². The van der Waals surface area contributed by atoms with Crippen LogP contribution in [0, 0.1) is 0 Å². The lowest BCUT2D eigenvalue weighted by Gasteiger charge is -2.27. The summed E-state index contributed by atoms with van der Waals surface area (Å²) in [6, 6.07) is 7.52. The molecule has 126 valence electrons. The highest BCUT2D eigenvalue weighted by Crippen LogP contribution is 2.14. The van der Waals surface area contributed by atoms with Crippen molar-refractivity contribution in [2.75, 3.05) is 11.6 Å². The molecular weight excluding hydrogens is 300 g/mol. The molecule has 0 radical (unpaired) electrons. The van der Waals surface area contributed by atoms with Gasteiger partial charge in [0.15, 0.2) is 0 Å². The summed E-state index contributed by atoms with van der Waals surface area (Å²) in [4.78, 5) is 35.0. The fourth-order valence-electron chi connectivity index (χ4n) is 2.04. The molecule has 8 heteroatoms. The van der Waals surface area contributed by atoms with Crippen molar-refractivity contribution in [3.63, 3.8) is 0 Å². The Hall–Kier alpha value is -2.61. The van der Waals surface area contributed by atoms with E-state index in [1.807, 2.05) is 0 Å². The topological polar surface area (TPSA) is 125 Å². The highest BCUT2D eigenvalue weighted by molar-refractivity contribution is 6.00. The van der Waals surface area contributed by atoms with Crippen molar-refractivity contribution >= 4 is 23.6 Å². The first-order valence-corrected chi connectivity index (χ1v) is 7.31. The molecule has 0 aliphatic carbocycles. The predicted molar refractivity (Wildman–Crippen MR) is 85.6 cm³/mol. The second kappa shape index (κ2) is 9.42. The van der Waals surface area contributed by atoms with Gasteiger partial charge in [0.05, 0.1) is 5.69 Å². The molecule has 1 unspecified atom stereocenters. The summed E-state index contributed by atoms with van der Waals surface area (Å²) in [6.45, 7) is 1.74. The molecule has 0 saturated heterocycles. The summed E-state index contributed by atoms with van der Waals surface area (Å²) in [5, 5.41) is 12.2. The van der Waals surface area contributed by atoms with E-state index in [9.17, 15) is 14.4 Å². The Bertz CT molecular complexity index is 536. The van der Waals surface area contributed by atoms with Gasteiger partial charge in [-0.25, -0.2) is 9.80 Å². The van der Waals surface area contributed by atoms with Crippen molar-refractivity contribution in [2.24, 2.45) is 5.73 Å². The number of carboxylic acid groups (broad SMARTS) is 1. The van der Waals surface area contributed by atoms with E-state index in [0.29, 0.717) is 31.5 Å². The van der Waals surface area contributed by atoms with Crippen molar-refractivity contribution in [1.29, 1.82) is 0 Å². The number of unbranched alkanes of at least 4 members (excludes halogenated alkanes) is 1. The zero-order valence-electron chi connectivity index (χ0n) is 13.0. The number of hydrogen-bond acceptors (Lipinski definition) is 4. The van der Waals surface area contributed by atoms with Gasteiger partial charge in [-0.3, -0.25) is 15.0 Å². The minimum Gasteiger partial charge on any atom is -0.465 e. The van der Waals surface area contributed by atoms with Crippen LogP contribution in [-0.4, -0.2) is 35.6 Å². The Balaban J connectivity index is 2.97. The number of amides is 3. The molecular formula is C15H22N4O4. The Morgan fingerprint density at radius 3 is 2.39 bits per heavy atom. The van der Waals surface area contributed by atoms with Crippen LogP contribution in [0.25, 0.3) is 0 Å². The Kier molecular flexibility index (Phi) is 7.55. The van der Waals surface area contributed by atoms with E-state index in [2.05, 4.69) is 10.7 Å². The Morgan fingerprint density at radius 2 is 1.87 bits per heavy atom. The minimum absolute atomic E-state index is 0.297. The third kappa shape index (κ3) is 6.35. The highest BCUT2D eigenvalue weighted by atomic mass is 16.4. The molecule has 0 aliphatic heterocycles. The minimum atomic E-state index is -1.30. The zero-order valence-corrected chi connectivity index (χ0v) is 13.0. The number of para-hydroxylation sites is 1. The van der Waals surface area contributed by atoms with Crippen LogP contribution in [0.4, 0.5) is 10.5 Å².